The smallest absolute Gasteiger partial charge is 0.135 e. The van der Waals surface area contributed by atoms with Crippen molar-refractivity contribution in [3.63, 3.8) is 0 Å². The first-order valence-electron chi connectivity index (χ1n) is 34.8. The van der Waals surface area contributed by atoms with Gasteiger partial charge in [0.05, 0.1) is 6.85 Å². The topological polar surface area (TPSA) is 31.8 Å². The molecule has 7 heteroatoms. The molecule has 0 amide bonds. The number of fused-ring (bicyclic) bond motifs is 10. The van der Waals surface area contributed by atoms with Crippen LogP contribution in [0.25, 0.3) is 44.5 Å². The van der Waals surface area contributed by atoms with Gasteiger partial charge in [0.1, 0.15) is 13.9 Å². The standard InChI is InChI=1S/C86H83N4OSi.Pt/c1-82(2,3)60-37-35-56(36-38-60)58-47-59(49-64(48-58)86(13,14)15)69-30-24-29-68(57-25-17-16-18-26-57)81(69)89-55-88(72-31-19-20-32-73(72)89)65-27-23-28-66(53-65)91-67-41-44-79-75(54-67)90(80-52-63(45-46-87-80)85(10,11)12)74-33-21-22-34-78(74)92(79)76-42-39-61(83(4,5)6)50-70(76)71-51-62(84(7,8)9)40-43-77(71)92;/h16-52,55H,1-15H3;/q-3;/i16D,17D,18D,25D,26D;. The molecule has 470 valence electrons. The third kappa shape index (κ3) is 11.2. The van der Waals surface area contributed by atoms with E-state index in [4.69, 9.17) is 13.8 Å². The third-order valence-electron chi connectivity index (χ3n) is 18.9. The summed E-state index contributed by atoms with van der Waals surface area (Å²) in [7, 11) is -3.13. The Morgan fingerprint density at radius 2 is 0.935 bits per heavy atom. The second-order valence-corrected chi connectivity index (χ2v) is 33.9. The van der Waals surface area contributed by atoms with Crippen LogP contribution in [0.1, 0.15) is 139 Å². The second kappa shape index (κ2) is 23.2. The van der Waals surface area contributed by atoms with Gasteiger partial charge in [0.25, 0.3) is 0 Å². The van der Waals surface area contributed by atoms with Gasteiger partial charge in [0.2, 0.25) is 0 Å². The summed E-state index contributed by atoms with van der Waals surface area (Å²) in [6.45, 7) is 35.9. The fraction of sp³-hybridized carbons (Fsp3) is 0.233. The summed E-state index contributed by atoms with van der Waals surface area (Å²) in [5.41, 5.74) is 17.6. The van der Waals surface area contributed by atoms with Crippen LogP contribution in [0.5, 0.6) is 11.5 Å². The van der Waals surface area contributed by atoms with Crippen LogP contribution < -0.4 is 40.2 Å². The van der Waals surface area contributed by atoms with Gasteiger partial charge in [0, 0.05) is 72.6 Å². The van der Waals surface area contributed by atoms with Gasteiger partial charge in [-0.2, -0.15) is 12.1 Å². The maximum absolute atomic E-state index is 9.46. The molecule has 10 aromatic carbocycles. The third-order valence-corrected chi connectivity index (χ3v) is 23.8. The molecule has 4 heterocycles. The molecule has 3 aliphatic rings. The Bertz CT molecular complexity index is 4920. The SMILES string of the molecule is [2H]c1c([2H])c([2H])c(-c2cccc(-c3cc(-c4ccc(C(C)(C)C)cc4)cc(C(C)(C)C)c3)c2N2[CH-]N(c3[c-]c(Oc4[c-]c5c(cc4)[Si]4(c6ccc(C(C)(C)C)cc6-c6cc(C(C)(C)C)ccc64)c4ccccc4N5c4cc(C(C)(C)C)ccn4)ccc3)c3ccccc32)c([2H])c1[2H].[Pt]. The van der Waals surface area contributed by atoms with Gasteiger partial charge in [0.15, 0.2) is 0 Å². The van der Waals surface area contributed by atoms with E-state index in [-0.39, 0.29) is 65.8 Å². The maximum Gasteiger partial charge on any atom is 0.135 e. The van der Waals surface area contributed by atoms with Gasteiger partial charge in [-0.05, 0) is 140 Å². The number of pyridine rings is 1. The van der Waals surface area contributed by atoms with E-state index >= 15 is 0 Å². The Kier molecular flexibility index (Phi) is 14.2. The average molecular weight is 1420 g/mol. The van der Waals surface area contributed by atoms with E-state index in [1.165, 1.54) is 54.1 Å². The van der Waals surface area contributed by atoms with Crippen LogP contribution in [0.4, 0.5) is 39.9 Å². The number of aromatic nitrogens is 1. The van der Waals surface area contributed by atoms with Crippen molar-refractivity contribution < 1.29 is 32.7 Å². The molecule has 0 bridgehead atoms. The fourth-order valence-electron chi connectivity index (χ4n) is 13.7. The van der Waals surface area contributed by atoms with Crippen LogP contribution in [0, 0.1) is 18.8 Å². The largest absolute Gasteiger partial charge is 0.509 e. The summed E-state index contributed by atoms with van der Waals surface area (Å²) < 4.78 is 52.6. The number of benzene rings is 10. The first-order chi connectivity index (χ1) is 45.8. The number of ether oxygens (including phenoxy) is 1. The van der Waals surface area contributed by atoms with Gasteiger partial charge in [-0.3, -0.25) is 0 Å². The van der Waals surface area contributed by atoms with Crippen molar-refractivity contribution in [3.05, 3.63) is 271 Å². The molecule has 0 saturated heterocycles. The van der Waals surface area contributed by atoms with Crippen molar-refractivity contribution in [2.24, 2.45) is 0 Å². The summed E-state index contributed by atoms with van der Waals surface area (Å²) >= 11 is 0. The molecular weight excluding hydrogens is 1330 g/mol. The monoisotopic (exact) mass is 1420 g/mol. The van der Waals surface area contributed by atoms with E-state index in [9.17, 15) is 2.74 Å². The fourth-order valence-corrected chi connectivity index (χ4v) is 19.2. The number of nitrogens with zero attached hydrogens (tertiary/aromatic N) is 4. The van der Waals surface area contributed by atoms with Crippen molar-refractivity contribution in [2.45, 2.75) is 131 Å². The van der Waals surface area contributed by atoms with Crippen LogP contribution >= 0.6 is 0 Å². The van der Waals surface area contributed by atoms with Crippen LogP contribution in [-0.2, 0) is 48.1 Å². The molecule has 0 N–H and O–H groups in total. The van der Waals surface area contributed by atoms with E-state index in [1.54, 1.807) is 0 Å². The van der Waals surface area contributed by atoms with Gasteiger partial charge in [-0.1, -0.05) is 261 Å². The second-order valence-electron chi connectivity index (χ2n) is 30.3. The van der Waals surface area contributed by atoms with Crippen LogP contribution in [0.2, 0.25) is 0 Å². The minimum absolute atomic E-state index is 0. The quantitative estimate of drug-likeness (QED) is 0.112. The minimum Gasteiger partial charge on any atom is -0.509 e. The Morgan fingerprint density at radius 3 is 1.56 bits per heavy atom. The predicted molar refractivity (Wildman–Crippen MR) is 391 cm³/mol. The zero-order valence-corrected chi connectivity index (χ0v) is 59.3. The molecule has 0 unspecified atom stereocenters. The molecule has 11 aromatic rings. The molecule has 0 saturated carbocycles. The molecule has 0 atom stereocenters. The Morgan fingerprint density at radius 1 is 0.409 bits per heavy atom. The summed E-state index contributed by atoms with van der Waals surface area (Å²) in [5, 5.41) is 5.22. The molecule has 1 aromatic heterocycles. The summed E-state index contributed by atoms with van der Waals surface area (Å²) in [4.78, 5) is 11.7. The average Bonchev–Trinajstić information content (AvgIpc) is 1.35. The van der Waals surface area contributed by atoms with Crippen molar-refractivity contribution in [1.82, 2.24) is 4.98 Å². The van der Waals surface area contributed by atoms with E-state index in [1.807, 2.05) is 55.3 Å². The normalized spacial score (nSPS) is 14.8. The van der Waals surface area contributed by atoms with E-state index in [0.717, 1.165) is 56.4 Å². The van der Waals surface area contributed by atoms with Crippen molar-refractivity contribution in [2.75, 3.05) is 14.7 Å². The van der Waals surface area contributed by atoms with Gasteiger partial charge in [-0.15, -0.1) is 47.9 Å². The number of hydrogen-bond acceptors (Lipinski definition) is 5. The Balaban J connectivity index is 0.00000864. The first kappa shape index (κ1) is 57.1. The Labute approximate surface area is 575 Å². The first-order valence-corrected chi connectivity index (χ1v) is 34.3. The number of rotatable bonds is 8. The van der Waals surface area contributed by atoms with E-state index in [0.29, 0.717) is 28.4 Å². The molecule has 0 radical (unpaired) electrons. The maximum atomic E-state index is 9.46. The summed E-state index contributed by atoms with van der Waals surface area (Å²) in [6.07, 6.45) is 1.93. The number of hydrogen-bond donors (Lipinski definition) is 0. The number of para-hydroxylation sites is 4. The van der Waals surface area contributed by atoms with Gasteiger partial charge >= 0.3 is 0 Å². The van der Waals surface area contributed by atoms with Gasteiger partial charge < -0.3 is 19.4 Å². The molecule has 1 spiro atoms. The predicted octanol–water partition coefficient (Wildman–Crippen LogP) is 20.5. The molecule has 0 fully saturated rings. The molecule has 14 rings (SSSR count). The van der Waals surface area contributed by atoms with E-state index in [2.05, 4.69) is 276 Å². The van der Waals surface area contributed by atoms with Crippen molar-refractivity contribution >= 4 is 68.8 Å². The Hall–Kier alpha value is -8.54. The minimum atomic E-state index is -3.13. The van der Waals surface area contributed by atoms with Gasteiger partial charge in [-0.25, -0.2) is 4.98 Å². The van der Waals surface area contributed by atoms with Crippen molar-refractivity contribution in [1.29, 1.82) is 0 Å². The van der Waals surface area contributed by atoms with Crippen LogP contribution in [0.15, 0.2) is 224 Å². The molecule has 0 aliphatic carbocycles. The molecule has 5 nitrogen and oxygen atoms in total. The zero-order chi connectivity index (χ0) is 68.8. The molecular formula is C86H83N4OPtSi-3. The van der Waals surface area contributed by atoms with Crippen molar-refractivity contribution in [3.8, 4) is 56.0 Å². The van der Waals surface area contributed by atoms with Crippen LogP contribution in [0.3, 0.4) is 0 Å². The number of anilines is 7. The van der Waals surface area contributed by atoms with Crippen LogP contribution in [-0.4, -0.2) is 13.1 Å². The zero-order valence-electron chi connectivity index (χ0n) is 61.1. The summed E-state index contributed by atoms with van der Waals surface area (Å²) in [6, 6.07) is 73.6. The summed E-state index contributed by atoms with van der Waals surface area (Å²) in [5.74, 6) is 1.79. The molecule has 3 aliphatic heterocycles. The molecule has 93 heavy (non-hydrogen) atoms. The van der Waals surface area contributed by atoms with E-state index < -0.39 is 26.2 Å².